The van der Waals surface area contributed by atoms with Gasteiger partial charge >= 0.3 is 5.69 Å². The predicted octanol–water partition coefficient (Wildman–Crippen LogP) is -0.919. The number of rotatable bonds is 4. The first-order valence-electron chi connectivity index (χ1n) is 5.97. The first-order valence-corrected chi connectivity index (χ1v) is 5.97. The molecule has 2 rings (SSSR count). The third kappa shape index (κ3) is 3.06. The van der Waals surface area contributed by atoms with Crippen LogP contribution in [0.15, 0.2) is 6.20 Å². The highest BCUT2D eigenvalue weighted by Crippen LogP contribution is 2.26. The Morgan fingerprint density at radius 3 is 2.68 bits per heavy atom. The lowest BCUT2D eigenvalue weighted by Gasteiger charge is -2.34. The molecule has 1 aromatic heterocycles. The van der Waals surface area contributed by atoms with Gasteiger partial charge in [0.25, 0.3) is 0 Å². The zero-order valence-corrected chi connectivity index (χ0v) is 10.4. The summed E-state index contributed by atoms with van der Waals surface area (Å²) in [6.07, 6.45) is 1.14. The molecule has 1 saturated heterocycles. The first kappa shape index (κ1) is 13.4. The molecule has 0 unspecified atom stereocenters. The SMILES string of the molecule is Nc1ncc([N+](=O)[O-])c(N2CCN(CCO)CC2)n1. The third-order valence-corrected chi connectivity index (χ3v) is 3.05. The highest BCUT2D eigenvalue weighted by Gasteiger charge is 2.25. The summed E-state index contributed by atoms with van der Waals surface area (Å²) in [6.45, 7) is 3.39. The van der Waals surface area contributed by atoms with E-state index in [0.717, 1.165) is 19.3 Å². The second kappa shape index (κ2) is 5.76. The standard InChI is InChI=1S/C10H16N6O3/c11-10-12-7-8(16(18)19)9(13-10)15-3-1-14(2-4-15)5-6-17/h7,17H,1-6H2,(H2,11,12,13). The quantitative estimate of drug-likeness (QED) is 0.531. The summed E-state index contributed by atoms with van der Waals surface area (Å²) in [4.78, 5) is 22.0. The summed E-state index contributed by atoms with van der Waals surface area (Å²) < 4.78 is 0. The van der Waals surface area contributed by atoms with E-state index in [9.17, 15) is 10.1 Å². The second-order valence-corrected chi connectivity index (χ2v) is 4.25. The van der Waals surface area contributed by atoms with Gasteiger partial charge in [-0.25, -0.2) is 4.98 Å². The Morgan fingerprint density at radius 1 is 1.42 bits per heavy atom. The molecule has 0 amide bonds. The monoisotopic (exact) mass is 268 g/mol. The zero-order valence-electron chi connectivity index (χ0n) is 10.4. The maximum absolute atomic E-state index is 11.0. The van der Waals surface area contributed by atoms with E-state index in [2.05, 4.69) is 14.9 Å². The molecule has 0 aromatic carbocycles. The number of nitrogen functional groups attached to an aromatic ring is 1. The average molecular weight is 268 g/mol. The van der Waals surface area contributed by atoms with Crippen molar-refractivity contribution in [2.24, 2.45) is 0 Å². The van der Waals surface area contributed by atoms with Crippen LogP contribution >= 0.6 is 0 Å². The fourth-order valence-corrected chi connectivity index (χ4v) is 2.07. The molecule has 9 heteroatoms. The normalized spacial score (nSPS) is 16.6. The van der Waals surface area contributed by atoms with E-state index in [4.69, 9.17) is 10.8 Å². The molecule has 0 aliphatic carbocycles. The van der Waals surface area contributed by atoms with Crippen molar-refractivity contribution in [3.05, 3.63) is 16.3 Å². The summed E-state index contributed by atoms with van der Waals surface area (Å²) in [6, 6.07) is 0. The Kier molecular flexibility index (Phi) is 4.07. The Labute approximate surface area is 109 Å². The largest absolute Gasteiger partial charge is 0.395 e. The van der Waals surface area contributed by atoms with Crippen LogP contribution in [-0.2, 0) is 0 Å². The van der Waals surface area contributed by atoms with E-state index < -0.39 is 4.92 Å². The summed E-state index contributed by atoms with van der Waals surface area (Å²) in [5.74, 6) is 0.291. The van der Waals surface area contributed by atoms with E-state index in [0.29, 0.717) is 19.6 Å². The van der Waals surface area contributed by atoms with Gasteiger partial charge in [-0.15, -0.1) is 0 Å². The molecule has 9 nitrogen and oxygen atoms in total. The van der Waals surface area contributed by atoms with Gasteiger partial charge in [0.1, 0.15) is 6.20 Å². The smallest absolute Gasteiger partial charge is 0.329 e. The van der Waals surface area contributed by atoms with Crippen molar-refractivity contribution in [2.45, 2.75) is 0 Å². The summed E-state index contributed by atoms with van der Waals surface area (Å²) >= 11 is 0. The van der Waals surface area contributed by atoms with Crippen LogP contribution < -0.4 is 10.6 Å². The fraction of sp³-hybridized carbons (Fsp3) is 0.600. The van der Waals surface area contributed by atoms with Crippen molar-refractivity contribution in [3.8, 4) is 0 Å². The summed E-state index contributed by atoms with van der Waals surface area (Å²) in [5, 5.41) is 19.8. The molecule has 0 radical (unpaired) electrons. The van der Waals surface area contributed by atoms with Crippen molar-refractivity contribution < 1.29 is 10.0 Å². The van der Waals surface area contributed by atoms with Crippen LogP contribution in [0.1, 0.15) is 0 Å². The van der Waals surface area contributed by atoms with Gasteiger partial charge in [-0.2, -0.15) is 4.98 Å². The number of nitro groups is 1. The Hall–Kier alpha value is -2.00. The molecule has 104 valence electrons. The molecule has 2 heterocycles. The minimum Gasteiger partial charge on any atom is -0.395 e. The molecule has 1 fully saturated rings. The highest BCUT2D eigenvalue weighted by atomic mass is 16.6. The number of nitrogens with two attached hydrogens (primary N) is 1. The number of aromatic nitrogens is 2. The van der Waals surface area contributed by atoms with E-state index in [1.165, 1.54) is 0 Å². The van der Waals surface area contributed by atoms with Gasteiger partial charge < -0.3 is 15.7 Å². The molecule has 0 atom stereocenters. The molecule has 3 N–H and O–H groups in total. The van der Waals surface area contributed by atoms with Gasteiger partial charge in [-0.05, 0) is 0 Å². The molecule has 19 heavy (non-hydrogen) atoms. The lowest BCUT2D eigenvalue weighted by molar-refractivity contribution is -0.384. The van der Waals surface area contributed by atoms with E-state index >= 15 is 0 Å². The fourth-order valence-electron chi connectivity index (χ4n) is 2.07. The number of aliphatic hydroxyl groups is 1. The van der Waals surface area contributed by atoms with E-state index in [1.54, 1.807) is 0 Å². The number of nitrogens with zero attached hydrogens (tertiary/aromatic N) is 5. The number of hydrogen-bond donors (Lipinski definition) is 2. The number of aliphatic hydroxyl groups excluding tert-OH is 1. The maximum Gasteiger partial charge on any atom is 0.329 e. The highest BCUT2D eigenvalue weighted by molar-refractivity contribution is 5.58. The number of piperazine rings is 1. The number of β-amino-alcohol motifs (C(OH)–C–C–N with tert-alkyl or cyclic N) is 1. The minimum absolute atomic E-state index is 0.0263. The van der Waals surface area contributed by atoms with Crippen LogP contribution in [-0.4, -0.2) is 64.2 Å². The van der Waals surface area contributed by atoms with E-state index in [-0.39, 0.29) is 24.1 Å². The van der Waals surface area contributed by atoms with Crippen LogP contribution in [0, 0.1) is 10.1 Å². The summed E-state index contributed by atoms with van der Waals surface area (Å²) in [5.41, 5.74) is 5.36. The van der Waals surface area contributed by atoms with Gasteiger partial charge in [0.15, 0.2) is 0 Å². The van der Waals surface area contributed by atoms with Gasteiger partial charge in [-0.1, -0.05) is 0 Å². The molecule has 0 bridgehead atoms. The predicted molar refractivity (Wildman–Crippen MR) is 68.8 cm³/mol. The Bertz CT molecular complexity index is 461. The molecule has 0 saturated carbocycles. The van der Waals surface area contributed by atoms with Crippen LogP contribution in [0.5, 0.6) is 0 Å². The molecule has 1 aromatic rings. The Morgan fingerprint density at radius 2 is 2.11 bits per heavy atom. The van der Waals surface area contributed by atoms with Crippen molar-refractivity contribution >= 4 is 17.5 Å². The summed E-state index contributed by atoms with van der Waals surface area (Å²) in [7, 11) is 0. The van der Waals surface area contributed by atoms with Crippen molar-refractivity contribution in [1.82, 2.24) is 14.9 Å². The van der Waals surface area contributed by atoms with Crippen molar-refractivity contribution in [3.63, 3.8) is 0 Å². The van der Waals surface area contributed by atoms with Crippen molar-refractivity contribution in [1.29, 1.82) is 0 Å². The van der Waals surface area contributed by atoms with E-state index in [1.807, 2.05) is 4.90 Å². The second-order valence-electron chi connectivity index (χ2n) is 4.25. The zero-order chi connectivity index (χ0) is 13.8. The first-order chi connectivity index (χ1) is 9.11. The number of hydrogen-bond acceptors (Lipinski definition) is 8. The molecule has 0 spiro atoms. The van der Waals surface area contributed by atoms with Gasteiger partial charge in [0.05, 0.1) is 11.5 Å². The van der Waals surface area contributed by atoms with Gasteiger partial charge in [-0.3, -0.25) is 15.0 Å². The van der Waals surface area contributed by atoms with Crippen molar-refractivity contribution in [2.75, 3.05) is 50.0 Å². The Balaban J connectivity index is 2.14. The lowest BCUT2D eigenvalue weighted by atomic mass is 10.3. The number of anilines is 2. The van der Waals surface area contributed by atoms with Gasteiger partial charge in [0.2, 0.25) is 11.8 Å². The van der Waals surface area contributed by atoms with Crippen LogP contribution in [0.4, 0.5) is 17.5 Å². The van der Waals surface area contributed by atoms with Crippen LogP contribution in [0.2, 0.25) is 0 Å². The third-order valence-electron chi connectivity index (χ3n) is 3.05. The molecular formula is C10H16N6O3. The van der Waals surface area contributed by atoms with Gasteiger partial charge in [0, 0.05) is 32.7 Å². The average Bonchev–Trinajstić information content (AvgIpc) is 2.39. The molecule has 1 aliphatic rings. The van der Waals surface area contributed by atoms with Crippen LogP contribution in [0.3, 0.4) is 0 Å². The minimum atomic E-state index is -0.505. The topological polar surface area (TPSA) is 122 Å². The maximum atomic E-state index is 11.0. The van der Waals surface area contributed by atoms with Crippen LogP contribution in [0.25, 0.3) is 0 Å². The molecule has 1 aliphatic heterocycles. The molecular weight excluding hydrogens is 252 g/mol. The lowest BCUT2D eigenvalue weighted by Crippen LogP contribution is -2.47.